The molecule has 0 bridgehead atoms. The van der Waals surface area contributed by atoms with Crippen LogP contribution in [-0.4, -0.2) is 31.2 Å². The summed E-state index contributed by atoms with van der Waals surface area (Å²) in [6, 6.07) is 13.6. The summed E-state index contributed by atoms with van der Waals surface area (Å²) in [5.74, 6) is -0.431. The SMILES string of the molecule is CSc1ncc(C(=O)OCc2cn3cc(C)ccc3n2)n1-c1ccccc1. The molecule has 27 heavy (non-hydrogen) atoms. The van der Waals surface area contributed by atoms with Crippen molar-refractivity contribution >= 4 is 23.4 Å². The van der Waals surface area contributed by atoms with Crippen molar-refractivity contribution in [2.45, 2.75) is 18.7 Å². The number of ether oxygens (including phenoxy) is 1. The molecule has 0 saturated heterocycles. The quantitative estimate of drug-likeness (QED) is 0.389. The largest absolute Gasteiger partial charge is 0.454 e. The molecular formula is C20H18N4O2S. The van der Waals surface area contributed by atoms with Crippen molar-refractivity contribution in [3.8, 4) is 5.69 Å². The molecule has 3 heterocycles. The maximum Gasteiger partial charge on any atom is 0.357 e. The molecule has 0 radical (unpaired) electrons. The molecule has 0 atom stereocenters. The van der Waals surface area contributed by atoms with E-state index in [-0.39, 0.29) is 6.61 Å². The number of hydrogen-bond acceptors (Lipinski definition) is 5. The lowest BCUT2D eigenvalue weighted by molar-refractivity contribution is 0.0458. The molecule has 0 unspecified atom stereocenters. The third kappa shape index (κ3) is 3.46. The van der Waals surface area contributed by atoms with Gasteiger partial charge < -0.3 is 9.14 Å². The van der Waals surface area contributed by atoms with Gasteiger partial charge in [-0.25, -0.2) is 14.8 Å². The lowest BCUT2D eigenvalue weighted by atomic mass is 10.3. The van der Waals surface area contributed by atoms with Crippen molar-refractivity contribution in [2.75, 3.05) is 6.26 Å². The second-order valence-electron chi connectivity index (χ2n) is 6.08. The number of hydrogen-bond donors (Lipinski definition) is 0. The minimum Gasteiger partial charge on any atom is -0.454 e. The van der Waals surface area contributed by atoms with Crippen LogP contribution in [0.2, 0.25) is 0 Å². The summed E-state index contributed by atoms with van der Waals surface area (Å²) in [4.78, 5) is 21.5. The molecule has 0 aliphatic carbocycles. The Morgan fingerprint density at radius 2 is 1.96 bits per heavy atom. The fourth-order valence-corrected chi connectivity index (χ4v) is 3.43. The van der Waals surface area contributed by atoms with Crippen molar-refractivity contribution in [2.24, 2.45) is 0 Å². The van der Waals surface area contributed by atoms with E-state index in [0.29, 0.717) is 11.4 Å². The Labute approximate surface area is 160 Å². The smallest absolute Gasteiger partial charge is 0.357 e. The summed E-state index contributed by atoms with van der Waals surface area (Å²) in [6.07, 6.45) is 7.34. The van der Waals surface area contributed by atoms with E-state index < -0.39 is 5.97 Å². The van der Waals surface area contributed by atoms with Crippen molar-refractivity contribution in [1.82, 2.24) is 18.9 Å². The molecule has 3 aromatic heterocycles. The van der Waals surface area contributed by atoms with Crippen molar-refractivity contribution in [3.05, 3.63) is 78.0 Å². The van der Waals surface area contributed by atoms with E-state index in [1.165, 1.54) is 11.8 Å². The Hall–Kier alpha value is -3.06. The van der Waals surface area contributed by atoms with E-state index in [1.54, 1.807) is 10.8 Å². The number of benzene rings is 1. The maximum atomic E-state index is 12.7. The highest BCUT2D eigenvalue weighted by atomic mass is 32.2. The summed E-state index contributed by atoms with van der Waals surface area (Å²) in [5, 5.41) is 0.733. The first-order chi connectivity index (χ1) is 13.2. The molecule has 4 aromatic rings. The highest BCUT2D eigenvalue weighted by molar-refractivity contribution is 7.98. The van der Waals surface area contributed by atoms with Crippen LogP contribution in [-0.2, 0) is 11.3 Å². The van der Waals surface area contributed by atoms with Gasteiger partial charge in [-0.15, -0.1) is 0 Å². The minimum atomic E-state index is -0.431. The van der Waals surface area contributed by atoms with E-state index in [2.05, 4.69) is 9.97 Å². The first-order valence-electron chi connectivity index (χ1n) is 8.44. The molecule has 7 heteroatoms. The summed E-state index contributed by atoms with van der Waals surface area (Å²) in [5.41, 5.74) is 3.93. The summed E-state index contributed by atoms with van der Waals surface area (Å²) >= 11 is 1.48. The topological polar surface area (TPSA) is 61.4 Å². The van der Waals surface area contributed by atoms with Gasteiger partial charge in [-0.3, -0.25) is 4.57 Å². The number of thioether (sulfide) groups is 1. The van der Waals surface area contributed by atoms with Gasteiger partial charge in [-0.2, -0.15) is 0 Å². The average Bonchev–Trinajstić information content (AvgIpc) is 3.30. The molecule has 0 aliphatic rings. The molecular weight excluding hydrogens is 360 g/mol. The second-order valence-corrected chi connectivity index (χ2v) is 6.85. The van der Waals surface area contributed by atoms with Crippen LogP contribution < -0.4 is 0 Å². The van der Waals surface area contributed by atoms with Crippen LogP contribution >= 0.6 is 11.8 Å². The molecule has 0 fully saturated rings. The number of imidazole rings is 2. The molecule has 0 aliphatic heterocycles. The van der Waals surface area contributed by atoms with Crippen molar-refractivity contribution < 1.29 is 9.53 Å². The molecule has 0 N–H and O–H groups in total. The summed E-state index contributed by atoms with van der Waals surface area (Å²) in [6.45, 7) is 2.13. The molecule has 0 spiro atoms. The highest BCUT2D eigenvalue weighted by Crippen LogP contribution is 2.22. The van der Waals surface area contributed by atoms with Gasteiger partial charge in [-0.05, 0) is 36.9 Å². The first kappa shape index (κ1) is 17.4. The number of rotatable bonds is 5. The Morgan fingerprint density at radius 3 is 2.74 bits per heavy atom. The van der Waals surface area contributed by atoms with Crippen molar-refractivity contribution in [3.63, 3.8) is 0 Å². The van der Waals surface area contributed by atoms with E-state index in [4.69, 9.17) is 4.74 Å². The lowest BCUT2D eigenvalue weighted by Crippen LogP contribution is -2.12. The van der Waals surface area contributed by atoms with Crippen LogP contribution in [0.1, 0.15) is 21.7 Å². The zero-order valence-electron chi connectivity index (χ0n) is 15.0. The number of carbonyl (C=O) groups is 1. The summed E-state index contributed by atoms with van der Waals surface area (Å²) < 4.78 is 9.24. The third-order valence-corrected chi connectivity index (χ3v) is 4.79. The van der Waals surface area contributed by atoms with E-state index in [0.717, 1.165) is 22.1 Å². The number of esters is 1. The standard InChI is InChI=1S/C20H18N4O2S/c1-14-8-9-18-22-15(12-23(18)11-14)13-26-19(25)17-10-21-20(27-2)24(17)16-6-4-3-5-7-16/h3-12H,13H2,1-2H3. The van der Waals surface area contributed by atoms with Crippen LogP contribution in [0, 0.1) is 6.92 Å². The van der Waals surface area contributed by atoms with Gasteiger partial charge in [-0.1, -0.05) is 36.0 Å². The van der Waals surface area contributed by atoms with Gasteiger partial charge in [0.05, 0.1) is 11.9 Å². The number of nitrogens with zero attached hydrogens (tertiary/aromatic N) is 4. The van der Waals surface area contributed by atoms with Crippen LogP contribution in [0.3, 0.4) is 0 Å². The van der Waals surface area contributed by atoms with E-state index >= 15 is 0 Å². The molecule has 1 aromatic carbocycles. The van der Waals surface area contributed by atoms with Crippen LogP contribution in [0.5, 0.6) is 0 Å². The van der Waals surface area contributed by atoms with Gasteiger partial charge in [0.25, 0.3) is 0 Å². The second kappa shape index (κ2) is 7.28. The van der Waals surface area contributed by atoms with E-state index in [1.807, 2.05) is 72.4 Å². The van der Waals surface area contributed by atoms with Gasteiger partial charge in [0.15, 0.2) is 10.9 Å². The van der Waals surface area contributed by atoms with Crippen LogP contribution in [0.25, 0.3) is 11.3 Å². The zero-order chi connectivity index (χ0) is 18.8. The zero-order valence-corrected chi connectivity index (χ0v) is 15.8. The number of carbonyl (C=O) groups excluding carboxylic acids is 1. The number of pyridine rings is 1. The fraction of sp³-hybridized carbons (Fsp3) is 0.150. The van der Waals surface area contributed by atoms with Gasteiger partial charge in [0.2, 0.25) is 0 Å². The molecule has 6 nitrogen and oxygen atoms in total. The minimum absolute atomic E-state index is 0.105. The van der Waals surface area contributed by atoms with Gasteiger partial charge in [0, 0.05) is 18.1 Å². The summed E-state index contributed by atoms with van der Waals surface area (Å²) in [7, 11) is 0. The Bertz CT molecular complexity index is 1100. The normalized spacial score (nSPS) is 11.0. The first-order valence-corrected chi connectivity index (χ1v) is 9.66. The molecule has 0 amide bonds. The molecule has 0 saturated carbocycles. The Balaban J connectivity index is 1.57. The predicted molar refractivity (Wildman–Crippen MR) is 104 cm³/mol. The van der Waals surface area contributed by atoms with Gasteiger partial charge in [0.1, 0.15) is 12.3 Å². The van der Waals surface area contributed by atoms with Crippen LogP contribution in [0.15, 0.2) is 66.2 Å². The fourth-order valence-electron chi connectivity index (χ4n) is 2.89. The number of para-hydroxylation sites is 1. The number of fused-ring (bicyclic) bond motifs is 1. The maximum absolute atomic E-state index is 12.7. The third-order valence-electron chi connectivity index (χ3n) is 4.14. The number of aryl methyl sites for hydroxylation is 1. The predicted octanol–water partition coefficient (Wildman–Crippen LogP) is 3.91. The Morgan fingerprint density at radius 1 is 1.15 bits per heavy atom. The number of aromatic nitrogens is 4. The Kier molecular flexibility index (Phi) is 4.68. The van der Waals surface area contributed by atoms with E-state index in [9.17, 15) is 4.79 Å². The average molecular weight is 378 g/mol. The molecule has 4 rings (SSSR count). The monoisotopic (exact) mass is 378 g/mol. The highest BCUT2D eigenvalue weighted by Gasteiger charge is 2.19. The van der Waals surface area contributed by atoms with Crippen molar-refractivity contribution in [1.29, 1.82) is 0 Å². The lowest BCUT2D eigenvalue weighted by Gasteiger charge is -2.10. The van der Waals surface area contributed by atoms with Gasteiger partial charge >= 0.3 is 5.97 Å². The molecule has 136 valence electrons. The van der Waals surface area contributed by atoms with Crippen LogP contribution in [0.4, 0.5) is 0 Å².